The second kappa shape index (κ2) is 9.93. The molecule has 0 aliphatic rings. The first kappa shape index (κ1) is 10.7. The molecule has 0 rings (SSSR count). The monoisotopic (exact) mass is 142 g/mol. The summed E-state index contributed by atoms with van der Waals surface area (Å²) in [4.78, 5) is 0. The first-order valence-corrected chi connectivity index (χ1v) is 3.07. The smallest absolute Gasteiger partial charge is 0.181 e. The fourth-order valence-corrected chi connectivity index (χ4v) is 0. The number of nitrogens with zero attached hydrogens (tertiary/aromatic N) is 2. The second-order valence-corrected chi connectivity index (χ2v) is 1.64. The van der Waals surface area contributed by atoms with Crippen LogP contribution in [0.25, 0.3) is 0 Å². The number of hydrogen-bond acceptors (Lipinski definition) is 4. The third-order valence-electron chi connectivity index (χ3n) is 0.270. The Kier molecular flexibility index (Phi) is 11.8. The van der Waals surface area contributed by atoms with Gasteiger partial charge in [0.1, 0.15) is 0 Å². The quantitative estimate of drug-likeness (QED) is 0.375. The van der Waals surface area contributed by atoms with Crippen LogP contribution in [0.4, 0.5) is 0 Å². The minimum atomic E-state index is 0.171. The molecule has 0 saturated carbocycles. The average molecular weight is 142 g/mol. The number of thioether (sulfide) groups is 1. The molecule has 0 fully saturated rings. The number of rotatable bonds is 0. The lowest BCUT2D eigenvalue weighted by Gasteiger charge is -1.78. The zero-order valence-electron chi connectivity index (χ0n) is 4.88. The lowest BCUT2D eigenvalue weighted by Crippen LogP contribution is -2.01. The molecule has 0 radical (unpaired) electrons. The van der Waals surface area contributed by atoms with Crippen molar-refractivity contribution < 1.29 is 0 Å². The van der Waals surface area contributed by atoms with E-state index in [0.717, 1.165) is 0 Å². The van der Waals surface area contributed by atoms with Crippen LogP contribution in [-0.2, 0) is 0 Å². The van der Waals surface area contributed by atoms with Crippen molar-refractivity contribution in [3.05, 3.63) is 0 Å². The van der Waals surface area contributed by atoms with Gasteiger partial charge in [-0.25, -0.2) is 0 Å². The van der Waals surface area contributed by atoms with Crippen LogP contribution in [0.2, 0.25) is 0 Å². The fourth-order valence-electron chi connectivity index (χ4n) is 0. The molecule has 0 saturated heterocycles. The first-order valence-electron chi connectivity index (χ1n) is 1.85. The number of nitrogens with one attached hydrogen (secondary N) is 1. The Morgan fingerprint density at radius 3 is 1.78 bits per heavy atom. The number of nitriles is 2. The normalized spacial score (nSPS) is 5.22. The van der Waals surface area contributed by atoms with Gasteiger partial charge in [-0.05, 0) is 6.26 Å². The predicted octanol–water partition coefficient (Wildman–Crippen LogP) is 0.276. The molecule has 0 heterocycles. The molecule has 0 unspecified atom stereocenters. The van der Waals surface area contributed by atoms with Gasteiger partial charge in [0.15, 0.2) is 17.3 Å². The summed E-state index contributed by atoms with van der Waals surface area (Å²) < 4.78 is 0. The maximum Gasteiger partial charge on any atom is 0.181 e. The number of amidine groups is 1. The lowest BCUT2D eigenvalue weighted by atomic mass is 10.9. The molecule has 0 aliphatic heterocycles. The van der Waals surface area contributed by atoms with E-state index in [0.29, 0.717) is 0 Å². The Bertz CT molecular complexity index is 139. The molecule has 0 amide bonds. The maximum absolute atomic E-state index is 7.26. The van der Waals surface area contributed by atoms with Crippen molar-refractivity contribution >= 4 is 16.9 Å². The van der Waals surface area contributed by atoms with Crippen LogP contribution < -0.4 is 5.73 Å². The van der Waals surface area contributed by atoms with E-state index in [1.807, 2.05) is 0 Å². The average Bonchev–Trinajstić information content (AvgIpc) is 1.89. The molecule has 0 aromatic rings. The van der Waals surface area contributed by atoms with E-state index in [-0.39, 0.29) is 5.17 Å². The van der Waals surface area contributed by atoms with E-state index in [1.165, 1.54) is 23.9 Å². The predicted molar refractivity (Wildman–Crippen MR) is 36.7 cm³/mol. The fraction of sp³-hybridized carbons (Fsp3) is 0.250. The highest BCUT2D eigenvalue weighted by atomic mass is 32.2. The van der Waals surface area contributed by atoms with Gasteiger partial charge in [-0.3, -0.25) is 5.41 Å². The zero-order chi connectivity index (χ0) is 7.70. The van der Waals surface area contributed by atoms with Crippen LogP contribution in [0.5, 0.6) is 0 Å². The zero-order valence-corrected chi connectivity index (χ0v) is 5.70. The standard InChI is InChI=1S/C2H6N2S.C2N2/c1-5-2(3)4;3-1-2-4/h1H3,(H3,3,4);. The molecule has 0 atom stereocenters. The summed E-state index contributed by atoms with van der Waals surface area (Å²) in [6.07, 6.45) is 1.77. The van der Waals surface area contributed by atoms with Crippen molar-refractivity contribution in [3.8, 4) is 12.1 Å². The molecule has 48 valence electrons. The second-order valence-electron chi connectivity index (χ2n) is 0.792. The summed E-state index contributed by atoms with van der Waals surface area (Å²) in [5.74, 6) is 0. The van der Waals surface area contributed by atoms with Gasteiger partial charge < -0.3 is 5.73 Å². The molecule has 0 aromatic heterocycles. The highest BCUT2D eigenvalue weighted by molar-refractivity contribution is 8.13. The van der Waals surface area contributed by atoms with Gasteiger partial charge >= 0.3 is 0 Å². The minimum absolute atomic E-state index is 0.171. The van der Waals surface area contributed by atoms with Crippen molar-refractivity contribution in [1.29, 1.82) is 15.9 Å². The molecule has 0 aliphatic carbocycles. The van der Waals surface area contributed by atoms with Crippen molar-refractivity contribution in [3.63, 3.8) is 0 Å². The number of hydrogen-bond donors (Lipinski definition) is 2. The topological polar surface area (TPSA) is 97.4 Å². The largest absolute Gasteiger partial charge is 0.379 e. The Labute approximate surface area is 57.8 Å². The van der Waals surface area contributed by atoms with Crippen LogP contribution in [0, 0.1) is 28.1 Å². The Balaban J connectivity index is 0. The molecular formula is C4H6N4S. The van der Waals surface area contributed by atoms with Crippen LogP contribution in [0.1, 0.15) is 0 Å². The third kappa shape index (κ3) is 48.4. The number of nitrogens with two attached hydrogens (primary N) is 1. The SMILES string of the molecule is CSC(=N)N.N#CC#N. The Morgan fingerprint density at radius 1 is 1.56 bits per heavy atom. The lowest BCUT2D eigenvalue weighted by molar-refractivity contribution is 1.49. The van der Waals surface area contributed by atoms with E-state index in [4.69, 9.17) is 21.7 Å². The summed E-state index contributed by atoms with van der Waals surface area (Å²) >= 11 is 1.24. The first-order chi connectivity index (χ1) is 4.18. The summed E-state index contributed by atoms with van der Waals surface area (Å²) in [5, 5.41) is 21.2. The molecular weight excluding hydrogens is 136 g/mol. The van der Waals surface area contributed by atoms with Crippen LogP contribution in [-0.4, -0.2) is 11.4 Å². The van der Waals surface area contributed by atoms with Gasteiger partial charge in [-0.1, -0.05) is 11.8 Å². The molecule has 9 heavy (non-hydrogen) atoms. The van der Waals surface area contributed by atoms with Gasteiger partial charge in [-0.2, -0.15) is 10.5 Å². The van der Waals surface area contributed by atoms with Gasteiger partial charge in [0.05, 0.1) is 0 Å². The van der Waals surface area contributed by atoms with Crippen molar-refractivity contribution in [2.45, 2.75) is 0 Å². The van der Waals surface area contributed by atoms with E-state index in [1.54, 1.807) is 6.26 Å². The Morgan fingerprint density at radius 2 is 1.78 bits per heavy atom. The Hall–Kier alpha value is -1.20. The molecule has 0 bridgehead atoms. The van der Waals surface area contributed by atoms with Gasteiger partial charge in [-0.15, -0.1) is 0 Å². The summed E-state index contributed by atoms with van der Waals surface area (Å²) in [5.41, 5.74) is 4.84. The molecule has 0 aromatic carbocycles. The van der Waals surface area contributed by atoms with E-state index < -0.39 is 0 Å². The highest BCUT2D eigenvalue weighted by Gasteiger charge is 1.71. The van der Waals surface area contributed by atoms with Crippen molar-refractivity contribution in [1.82, 2.24) is 0 Å². The summed E-state index contributed by atoms with van der Waals surface area (Å²) in [6.45, 7) is 0. The van der Waals surface area contributed by atoms with Crippen molar-refractivity contribution in [2.24, 2.45) is 5.73 Å². The minimum Gasteiger partial charge on any atom is -0.379 e. The third-order valence-corrected chi connectivity index (χ3v) is 0.710. The molecule has 5 heteroatoms. The highest BCUT2D eigenvalue weighted by Crippen LogP contribution is 1.83. The molecule has 3 N–H and O–H groups in total. The summed E-state index contributed by atoms with van der Waals surface area (Å²) in [7, 11) is 0. The van der Waals surface area contributed by atoms with E-state index in [9.17, 15) is 0 Å². The molecule has 0 spiro atoms. The van der Waals surface area contributed by atoms with E-state index >= 15 is 0 Å². The van der Waals surface area contributed by atoms with Gasteiger partial charge in [0.2, 0.25) is 0 Å². The molecule has 4 nitrogen and oxygen atoms in total. The van der Waals surface area contributed by atoms with E-state index in [2.05, 4.69) is 0 Å². The van der Waals surface area contributed by atoms with Gasteiger partial charge in [0, 0.05) is 0 Å². The van der Waals surface area contributed by atoms with Gasteiger partial charge in [0.25, 0.3) is 0 Å². The maximum atomic E-state index is 7.26. The van der Waals surface area contributed by atoms with Crippen LogP contribution >= 0.6 is 11.8 Å². The summed E-state index contributed by atoms with van der Waals surface area (Å²) in [6, 6.07) is 2.47. The van der Waals surface area contributed by atoms with Crippen LogP contribution in [0.3, 0.4) is 0 Å². The van der Waals surface area contributed by atoms with Crippen LogP contribution in [0.15, 0.2) is 0 Å². The van der Waals surface area contributed by atoms with Crippen molar-refractivity contribution in [2.75, 3.05) is 6.26 Å².